The van der Waals surface area contributed by atoms with E-state index in [9.17, 15) is 14.4 Å². The van der Waals surface area contributed by atoms with Crippen molar-refractivity contribution >= 4 is 30.2 Å². The highest BCUT2D eigenvalue weighted by atomic mass is 35.5. The molecule has 1 saturated carbocycles. The average molecular weight is 308 g/mol. The van der Waals surface area contributed by atoms with Crippen molar-refractivity contribution in [2.45, 2.75) is 37.6 Å². The zero-order valence-corrected chi connectivity index (χ0v) is 12.4. The van der Waals surface area contributed by atoms with E-state index in [1.54, 1.807) is 0 Å². The molecule has 0 radical (unpaired) electrons. The Morgan fingerprint density at radius 1 is 1.15 bits per heavy atom. The molecule has 20 heavy (non-hydrogen) atoms. The van der Waals surface area contributed by atoms with Crippen molar-refractivity contribution in [1.82, 2.24) is 10.6 Å². The summed E-state index contributed by atoms with van der Waals surface area (Å²) in [4.78, 5) is 34.6. The fraction of sp³-hybridized carbons (Fsp3) is 0.750. The first-order valence-electron chi connectivity index (χ1n) is 6.40. The third-order valence-electron chi connectivity index (χ3n) is 3.29. The smallest absolute Gasteiger partial charge is 0.331 e. The SMILES string of the molecule is COC(=O)C1(NC(=O)CNC(=O)CN)CCCCC1.Cl. The largest absolute Gasteiger partial charge is 0.467 e. The lowest BCUT2D eigenvalue weighted by molar-refractivity contribution is -0.152. The molecule has 1 aliphatic rings. The van der Waals surface area contributed by atoms with Crippen LogP contribution in [-0.2, 0) is 19.1 Å². The quantitative estimate of drug-likeness (QED) is 0.592. The van der Waals surface area contributed by atoms with Gasteiger partial charge in [0.25, 0.3) is 0 Å². The molecule has 2 amide bonds. The number of hydrogen-bond donors (Lipinski definition) is 3. The number of carbonyl (C=O) groups is 3. The Hall–Kier alpha value is -1.34. The molecule has 4 N–H and O–H groups in total. The normalized spacial score (nSPS) is 16.5. The number of hydrogen-bond acceptors (Lipinski definition) is 5. The van der Waals surface area contributed by atoms with Gasteiger partial charge in [0.1, 0.15) is 5.54 Å². The molecule has 1 aliphatic carbocycles. The molecule has 0 spiro atoms. The van der Waals surface area contributed by atoms with Crippen LogP contribution in [-0.4, -0.2) is 43.5 Å². The first-order valence-corrected chi connectivity index (χ1v) is 6.40. The maximum absolute atomic E-state index is 11.9. The number of carbonyl (C=O) groups excluding carboxylic acids is 3. The van der Waals surface area contributed by atoms with Gasteiger partial charge >= 0.3 is 5.97 Å². The minimum Gasteiger partial charge on any atom is -0.467 e. The van der Waals surface area contributed by atoms with Gasteiger partial charge in [-0.1, -0.05) is 19.3 Å². The van der Waals surface area contributed by atoms with Gasteiger partial charge in [0, 0.05) is 0 Å². The van der Waals surface area contributed by atoms with E-state index in [1.165, 1.54) is 7.11 Å². The summed E-state index contributed by atoms with van der Waals surface area (Å²) in [5.74, 6) is -1.24. The van der Waals surface area contributed by atoms with E-state index in [0.29, 0.717) is 12.8 Å². The van der Waals surface area contributed by atoms with E-state index in [2.05, 4.69) is 10.6 Å². The van der Waals surface area contributed by atoms with Crippen LogP contribution in [0.3, 0.4) is 0 Å². The van der Waals surface area contributed by atoms with Crippen molar-refractivity contribution in [1.29, 1.82) is 0 Å². The predicted molar refractivity (Wildman–Crippen MR) is 75.3 cm³/mol. The molecule has 7 nitrogen and oxygen atoms in total. The maximum Gasteiger partial charge on any atom is 0.331 e. The van der Waals surface area contributed by atoms with Crippen LogP contribution < -0.4 is 16.4 Å². The van der Waals surface area contributed by atoms with E-state index in [1.807, 2.05) is 0 Å². The van der Waals surface area contributed by atoms with Crippen LogP contribution in [0.4, 0.5) is 0 Å². The molecule has 0 aromatic rings. The molecule has 8 heteroatoms. The van der Waals surface area contributed by atoms with E-state index in [0.717, 1.165) is 19.3 Å². The molecule has 0 aromatic carbocycles. The second-order valence-electron chi connectivity index (χ2n) is 4.66. The molecule has 1 fully saturated rings. The van der Waals surface area contributed by atoms with Crippen molar-refractivity contribution in [3.05, 3.63) is 0 Å². The van der Waals surface area contributed by atoms with Gasteiger partial charge in [-0.2, -0.15) is 0 Å². The highest BCUT2D eigenvalue weighted by Crippen LogP contribution is 2.29. The Morgan fingerprint density at radius 3 is 2.25 bits per heavy atom. The summed E-state index contributed by atoms with van der Waals surface area (Å²) in [7, 11) is 1.31. The number of esters is 1. The summed E-state index contributed by atoms with van der Waals surface area (Å²) in [6.07, 6.45) is 3.90. The summed E-state index contributed by atoms with van der Waals surface area (Å²) in [5.41, 5.74) is 4.17. The number of nitrogens with two attached hydrogens (primary N) is 1. The van der Waals surface area contributed by atoms with Crippen molar-refractivity contribution in [2.75, 3.05) is 20.2 Å². The van der Waals surface area contributed by atoms with Crippen LogP contribution in [0.15, 0.2) is 0 Å². The molecular formula is C12H22ClN3O4. The lowest BCUT2D eigenvalue weighted by atomic mass is 9.81. The van der Waals surface area contributed by atoms with Gasteiger partial charge < -0.3 is 21.1 Å². The lowest BCUT2D eigenvalue weighted by Crippen LogP contribution is -2.58. The number of ether oxygens (including phenoxy) is 1. The highest BCUT2D eigenvalue weighted by Gasteiger charge is 2.41. The second-order valence-corrected chi connectivity index (χ2v) is 4.66. The van der Waals surface area contributed by atoms with Gasteiger partial charge in [-0.25, -0.2) is 4.79 Å². The van der Waals surface area contributed by atoms with Crippen molar-refractivity contribution in [3.8, 4) is 0 Å². The van der Waals surface area contributed by atoms with Gasteiger partial charge in [-0.3, -0.25) is 9.59 Å². The van der Waals surface area contributed by atoms with Gasteiger partial charge in [0.15, 0.2) is 0 Å². The number of amides is 2. The molecule has 0 bridgehead atoms. The summed E-state index contributed by atoms with van der Waals surface area (Å²) < 4.78 is 4.78. The van der Waals surface area contributed by atoms with Gasteiger partial charge in [-0.15, -0.1) is 12.4 Å². The monoisotopic (exact) mass is 307 g/mol. The van der Waals surface area contributed by atoms with Crippen LogP contribution in [0.25, 0.3) is 0 Å². The van der Waals surface area contributed by atoms with Crippen LogP contribution in [0.1, 0.15) is 32.1 Å². The Balaban J connectivity index is 0.00000361. The lowest BCUT2D eigenvalue weighted by Gasteiger charge is -2.35. The Kier molecular flexibility index (Phi) is 8.17. The first kappa shape index (κ1) is 18.7. The minimum atomic E-state index is -0.947. The summed E-state index contributed by atoms with van der Waals surface area (Å²) >= 11 is 0. The summed E-state index contributed by atoms with van der Waals surface area (Å²) in [6, 6.07) is 0. The molecule has 0 aliphatic heterocycles. The molecule has 0 atom stereocenters. The highest BCUT2D eigenvalue weighted by molar-refractivity contribution is 5.91. The second kappa shape index (κ2) is 8.76. The number of rotatable bonds is 5. The van der Waals surface area contributed by atoms with Crippen LogP contribution >= 0.6 is 12.4 Å². The summed E-state index contributed by atoms with van der Waals surface area (Å²) in [6.45, 7) is -0.357. The Bertz CT molecular complexity index is 357. The molecule has 0 saturated heterocycles. The number of methoxy groups -OCH3 is 1. The van der Waals surface area contributed by atoms with E-state index in [-0.39, 0.29) is 25.5 Å². The molecule has 1 rings (SSSR count). The van der Waals surface area contributed by atoms with Crippen molar-refractivity contribution < 1.29 is 19.1 Å². The minimum absolute atomic E-state index is 0. The van der Waals surface area contributed by atoms with Gasteiger partial charge in [0.05, 0.1) is 20.2 Å². The van der Waals surface area contributed by atoms with Crippen LogP contribution in [0.2, 0.25) is 0 Å². The number of nitrogens with one attached hydrogen (secondary N) is 2. The molecule has 0 heterocycles. The predicted octanol–water partition coefficient (Wildman–Crippen LogP) is -0.525. The van der Waals surface area contributed by atoms with Crippen LogP contribution in [0, 0.1) is 0 Å². The maximum atomic E-state index is 11.9. The average Bonchev–Trinajstić information content (AvgIpc) is 2.44. The van der Waals surface area contributed by atoms with Crippen molar-refractivity contribution in [2.24, 2.45) is 5.73 Å². The topological polar surface area (TPSA) is 111 Å². The molecule has 116 valence electrons. The fourth-order valence-corrected chi connectivity index (χ4v) is 2.29. The fourth-order valence-electron chi connectivity index (χ4n) is 2.29. The van der Waals surface area contributed by atoms with Crippen LogP contribution in [0.5, 0.6) is 0 Å². The number of halogens is 1. The Labute approximate surface area is 124 Å². The standard InChI is InChI=1S/C12H21N3O4.ClH/c1-19-11(18)12(5-3-2-4-6-12)15-10(17)8-14-9(16)7-13;/h2-8,13H2,1H3,(H,14,16)(H,15,17);1H. The third kappa shape index (κ3) is 4.97. The third-order valence-corrected chi connectivity index (χ3v) is 3.29. The van der Waals surface area contributed by atoms with Gasteiger partial charge in [0.2, 0.25) is 11.8 Å². The first-order chi connectivity index (χ1) is 9.04. The Morgan fingerprint density at radius 2 is 1.75 bits per heavy atom. The molecular weight excluding hydrogens is 286 g/mol. The zero-order chi connectivity index (χ0) is 14.3. The van der Waals surface area contributed by atoms with E-state index in [4.69, 9.17) is 10.5 Å². The van der Waals surface area contributed by atoms with E-state index >= 15 is 0 Å². The molecule has 0 aromatic heterocycles. The van der Waals surface area contributed by atoms with Crippen molar-refractivity contribution in [3.63, 3.8) is 0 Å². The summed E-state index contributed by atoms with van der Waals surface area (Å²) in [5, 5.41) is 5.06. The van der Waals surface area contributed by atoms with Gasteiger partial charge in [-0.05, 0) is 12.8 Å². The zero-order valence-electron chi connectivity index (χ0n) is 11.6. The van der Waals surface area contributed by atoms with E-state index < -0.39 is 23.3 Å². The molecule has 0 unspecified atom stereocenters.